The van der Waals surface area contributed by atoms with Crippen molar-refractivity contribution in [2.45, 2.75) is 38.2 Å². The fraction of sp³-hybridized carbons (Fsp3) is 0.400. The van der Waals surface area contributed by atoms with Gasteiger partial charge in [0.25, 0.3) is 0 Å². The molecule has 0 aromatic heterocycles. The molecule has 0 aliphatic heterocycles. The maximum atomic E-state index is 12.2. The SMILES string of the molecule is CC(CCC(=O)NCC(O)CC(=O)O)CNC(=O)OCC1c2ccccc2-c2ccccc21. The molecule has 0 heterocycles. The van der Waals surface area contributed by atoms with Crippen LogP contribution in [0.4, 0.5) is 4.79 Å². The fourth-order valence-electron chi connectivity index (χ4n) is 3.98. The van der Waals surface area contributed by atoms with Gasteiger partial charge in [-0.15, -0.1) is 0 Å². The van der Waals surface area contributed by atoms with Gasteiger partial charge in [-0.05, 0) is 34.6 Å². The number of aliphatic hydroxyl groups is 1. The minimum Gasteiger partial charge on any atom is -0.481 e. The van der Waals surface area contributed by atoms with Crippen molar-refractivity contribution in [1.82, 2.24) is 10.6 Å². The first-order chi connectivity index (χ1) is 15.8. The van der Waals surface area contributed by atoms with Gasteiger partial charge < -0.3 is 25.6 Å². The van der Waals surface area contributed by atoms with Gasteiger partial charge in [0, 0.05) is 25.4 Å². The topological polar surface area (TPSA) is 125 Å². The molecule has 3 rings (SSSR count). The Kier molecular flexibility index (Phi) is 8.43. The standard InChI is InChI=1S/C25H30N2O6/c1-16(10-11-23(29)26-14-17(28)12-24(30)31)13-27-25(32)33-15-22-20-8-4-2-6-18(20)19-7-3-5-9-21(19)22/h2-9,16-17,22,28H,10-15H2,1H3,(H,26,29)(H,27,32)(H,30,31). The summed E-state index contributed by atoms with van der Waals surface area (Å²) in [6, 6.07) is 16.3. The summed E-state index contributed by atoms with van der Waals surface area (Å²) in [5, 5.41) is 23.3. The molecule has 2 aromatic rings. The fourth-order valence-corrected chi connectivity index (χ4v) is 3.98. The average molecular weight is 455 g/mol. The molecular weight excluding hydrogens is 424 g/mol. The number of aliphatic hydroxyl groups excluding tert-OH is 1. The normalized spacial score (nSPS) is 14.0. The van der Waals surface area contributed by atoms with Crippen LogP contribution in [0.15, 0.2) is 48.5 Å². The van der Waals surface area contributed by atoms with E-state index in [0.29, 0.717) is 13.0 Å². The lowest BCUT2D eigenvalue weighted by Gasteiger charge is -2.16. The summed E-state index contributed by atoms with van der Waals surface area (Å²) in [7, 11) is 0. The number of alkyl carbamates (subject to hydrolysis) is 1. The molecule has 176 valence electrons. The molecular formula is C25H30N2O6. The molecule has 2 aromatic carbocycles. The number of carboxylic acids is 1. The van der Waals surface area contributed by atoms with E-state index in [9.17, 15) is 19.5 Å². The van der Waals surface area contributed by atoms with E-state index in [4.69, 9.17) is 9.84 Å². The highest BCUT2D eigenvalue weighted by atomic mass is 16.5. The third-order valence-electron chi connectivity index (χ3n) is 5.75. The van der Waals surface area contributed by atoms with Crippen molar-refractivity contribution in [1.29, 1.82) is 0 Å². The van der Waals surface area contributed by atoms with Gasteiger partial charge in [-0.25, -0.2) is 4.79 Å². The summed E-state index contributed by atoms with van der Waals surface area (Å²) < 4.78 is 5.51. The van der Waals surface area contributed by atoms with Gasteiger partial charge in [-0.3, -0.25) is 9.59 Å². The monoisotopic (exact) mass is 454 g/mol. The minimum absolute atomic E-state index is 0.000692. The van der Waals surface area contributed by atoms with E-state index in [0.717, 1.165) is 11.1 Å². The summed E-state index contributed by atoms with van der Waals surface area (Å²) >= 11 is 0. The second-order valence-electron chi connectivity index (χ2n) is 8.41. The highest BCUT2D eigenvalue weighted by Gasteiger charge is 2.29. The van der Waals surface area contributed by atoms with Gasteiger partial charge in [0.05, 0.1) is 12.5 Å². The van der Waals surface area contributed by atoms with Crippen LogP contribution >= 0.6 is 0 Å². The zero-order valence-electron chi connectivity index (χ0n) is 18.6. The molecule has 0 radical (unpaired) electrons. The first kappa shape index (κ1) is 24.3. The number of hydrogen-bond acceptors (Lipinski definition) is 5. The number of rotatable bonds is 11. The van der Waals surface area contributed by atoms with Crippen molar-refractivity contribution in [3.8, 4) is 11.1 Å². The molecule has 8 nitrogen and oxygen atoms in total. The van der Waals surface area contributed by atoms with E-state index < -0.39 is 24.6 Å². The number of carbonyl (C=O) groups is 3. The largest absolute Gasteiger partial charge is 0.481 e. The second-order valence-corrected chi connectivity index (χ2v) is 8.41. The van der Waals surface area contributed by atoms with Crippen molar-refractivity contribution in [3.63, 3.8) is 0 Å². The molecule has 0 saturated heterocycles. The minimum atomic E-state index is -1.12. The molecule has 33 heavy (non-hydrogen) atoms. The number of ether oxygens (including phenoxy) is 1. The van der Waals surface area contributed by atoms with E-state index in [1.165, 1.54) is 11.1 Å². The van der Waals surface area contributed by atoms with Gasteiger partial charge in [0.15, 0.2) is 0 Å². The number of aliphatic carboxylic acids is 1. The van der Waals surface area contributed by atoms with E-state index in [1.54, 1.807) is 0 Å². The Bertz CT molecular complexity index is 947. The van der Waals surface area contributed by atoms with Crippen LogP contribution in [0.1, 0.15) is 43.2 Å². The lowest BCUT2D eigenvalue weighted by atomic mass is 9.98. The van der Waals surface area contributed by atoms with Gasteiger partial charge >= 0.3 is 12.1 Å². The number of carboxylic acid groups (broad SMARTS) is 1. The maximum absolute atomic E-state index is 12.2. The van der Waals surface area contributed by atoms with Crippen LogP contribution in [0, 0.1) is 5.92 Å². The van der Waals surface area contributed by atoms with Crippen LogP contribution in [-0.4, -0.2) is 54.0 Å². The Morgan fingerprint density at radius 2 is 1.58 bits per heavy atom. The Labute approximate surface area is 193 Å². The number of hydrogen-bond donors (Lipinski definition) is 4. The maximum Gasteiger partial charge on any atom is 0.407 e. The highest BCUT2D eigenvalue weighted by Crippen LogP contribution is 2.44. The van der Waals surface area contributed by atoms with Crippen LogP contribution in [0.2, 0.25) is 0 Å². The molecule has 0 bridgehead atoms. The predicted octanol–water partition coefficient (Wildman–Crippen LogP) is 2.89. The highest BCUT2D eigenvalue weighted by molar-refractivity contribution is 5.79. The Hall–Kier alpha value is -3.39. The van der Waals surface area contributed by atoms with Gasteiger partial charge in [0.1, 0.15) is 6.61 Å². The first-order valence-electron chi connectivity index (χ1n) is 11.1. The van der Waals surface area contributed by atoms with Crippen LogP contribution in [0.5, 0.6) is 0 Å². The zero-order valence-corrected chi connectivity index (χ0v) is 18.6. The lowest BCUT2D eigenvalue weighted by molar-refractivity contribution is -0.139. The van der Waals surface area contributed by atoms with Crippen molar-refractivity contribution in [2.75, 3.05) is 19.7 Å². The molecule has 2 atom stereocenters. The predicted molar refractivity (Wildman–Crippen MR) is 123 cm³/mol. The molecule has 2 amide bonds. The van der Waals surface area contributed by atoms with Crippen molar-refractivity contribution in [3.05, 3.63) is 59.7 Å². The summed E-state index contributed by atoms with van der Waals surface area (Å²) in [4.78, 5) is 34.6. The lowest BCUT2D eigenvalue weighted by Crippen LogP contribution is -2.34. The van der Waals surface area contributed by atoms with Crippen molar-refractivity contribution >= 4 is 18.0 Å². The summed E-state index contributed by atoms with van der Waals surface area (Å²) in [6.07, 6.45) is -1.28. The van der Waals surface area contributed by atoms with Crippen molar-refractivity contribution < 1.29 is 29.3 Å². The molecule has 0 spiro atoms. The Balaban J connectivity index is 1.38. The number of carbonyl (C=O) groups excluding carboxylic acids is 2. The van der Waals surface area contributed by atoms with Crippen LogP contribution < -0.4 is 10.6 Å². The van der Waals surface area contributed by atoms with Gasteiger partial charge in [-0.1, -0.05) is 55.5 Å². The molecule has 0 fully saturated rings. The number of benzene rings is 2. The second kappa shape index (κ2) is 11.5. The Morgan fingerprint density at radius 3 is 2.18 bits per heavy atom. The summed E-state index contributed by atoms with van der Waals surface area (Å²) in [5.74, 6) is -1.35. The summed E-state index contributed by atoms with van der Waals surface area (Å²) in [5.41, 5.74) is 4.65. The zero-order chi connectivity index (χ0) is 23.8. The van der Waals surface area contributed by atoms with Crippen LogP contribution in [-0.2, 0) is 14.3 Å². The van der Waals surface area contributed by atoms with E-state index in [1.807, 2.05) is 31.2 Å². The first-order valence-corrected chi connectivity index (χ1v) is 11.1. The van der Waals surface area contributed by atoms with E-state index in [2.05, 4.69) is 34.9 Å². The third kappa shape index (κ3) is 6.79. The number of nitrogens with one attached hydrogen (secondary N) is 2. The van der Waals surface area contributed by atoms with Crippen LogP contribution in [0.25, 0.3) is 11.1 Å². The smallest absolute Gasteiger partial charge is 0.407 e. The summed E-state index contributed by atoms with van der Waals surface area (Å²) in [6.45, 7) is 2.43. The molecule has 0 saturated carbocycles. The molecule has 1 aliphatic rings. The molecule has 4 N–H and O–H groups in total. The van der Waals surface area contributed by atoms with Crippen molar-refractivity contribution in [2.24, 2.45) is 5.92 Å². The molecule has 1 aliphatic carbocycles. The van der Waals surface area contributed by atoms with E-state index in [-0.39, 0.29) is 37.3 Å². The molecule has 8 heteroatoms. The van der Waals surface area contributed by atoms with Gasteiger partial charge in [0.2, 0.25) is 5.91 Å². The number of fused-ring (bicyclic) bond motifs is 3. The third-order valence-corrected chi connectivity index (χ3v) is 5.75. The van der Waals surface area contributed by atoms with Crippen LogP contribution in [0.3, 0.4) is 0 Å². The average Bonchev–Trinajstić information content (AvgIpc) is 3.12. The molecule has 2 unspecified atom stereocenters. The Morgan fingerprint density at radius 1 is 0.970 bits per heavy atom. The quantitative estimate of drug-likeness (QED) is 0.414. The van der Waals surface area contributed by atoms with Gasteiger partial charge in [-0.2, -0.15) is 0 Å². The van der Waals surface area contributed by atoms with E-state index >= 15 is 0 Å². The number of amides is 2.